The molecule has 0 aromatic heterocycles. The van der Waals surface area contributed by atoms with Crippen LogP contribution in [0.3, 0.4) is 0 Å². The molecule has 0 spiro atoms. The van der Waals surface area contributed by atoms with Gasteiger partial charge in [-0.2, -0.15) is 0 Å². The number of halogens is 2. The molecule has 0 saturated carbocycles. The SMILES string of the molecule is CC(Cc1ccc(Cl)cc1Cl)OC(N)=O. The summed E-state index contributed by atoms with van der Waals surface area (Å²) in [5.74, 6) is 0. The second kappa shape index (κ2) is 5.24. The molecule has 0 aliphatic carbocycles. The summed E-state index contributed by atoms with van der Waals surface area (Å²) in [6, 6.07) is 5.18. The van der Waals surface area contributed by atoms with Crippen LogP contribution >= 0.6 is 23.2 Å². The number of ether oxygens (including phenoxy) is 1. The lowest BCUT2D eigenvalue weighted by Gasteiger charge is -2.12. The highest BCUT2D eigenvalue weighted by Crippen LogP contribution is 2.22. The van der Waals surface area contributed by atoms with Crippen molar-refractivity contribution in [3.05, 3.63) is 33.8 Å². The van der Waals surface area contributed by atoms with E-state index in [0.29, 0.717) is 16.5 Å². The Morgan fingerprint density at radius 3 is 2.73 bits per heavy atom. The molecule has 1 unspecified atom stereocenters. The highest BCUT2D eigenvalue weighted by atomic mass is 35.5. The Kier molecular flexibility index (Phi) is 4.24. The van der Waals surface area contributed by atoms with E-state index in [1.54, 1.807) is 25.1 Å². The first-order valence-electron chi connectivity index (χ1n) is 4.39. The molecule has 0 bridgehead atoms. The van der Waals surface area contributed by atoms with E-state index >= 15 is 0 Å². The number of amides is 1. The summed E-state index contributed by atoms with van der Waals surface area (Å²) in [5.41, 5.74) is 5.76. The Balaban J connectivity index is 2.68. The fraction of sp³-hybridized carbons (Fsp3) is 0.300. The van der Waals surface area contributed by atoms with Gasteiger partial charge in [0.15, 0.2) is 0 Å². The van der Waals surface area contributed by atoms with Crippen LogP contribution in [0.2, 0.25) is 10.0 Å². The van der Waals surface area contributed by atoms with Crippen LogP contribution in [0.15, 0.2) is 18.2 Å². The molecule has 1 amide bonds. The van der Waals surface area contributed by atoms with Gasteiger partial charge in [-0.3, -0.25) is 0 Å². The summed E-state index contributed by atoms with van der Waals surface area (Å²) in [5, 5.41) is 1.13. The fourth-order valence-corrected chi connectivity index (χ4v) is 1.72. The number of benzene rings is 1. The largest absolute Gasteiger partial charge is 0.446 e. The molecular formula is C10H11Cl2NO2. The van der Waals surface area contributed by atoms with Crippen LogP contribution in [0.4, 0.5) is 4.79 Å². The van der Waals surface area contributed by atoms with Gasteiger partial charge in [0.05, 0.1) is 0 Å². The highest BCUT2D eigenvalue weighted by molar-refractivity contribution is 6.35. The molecule has 0 fully saturated rings. The van der Waals surface area contributed by atoms with E-state index in [9.17, 15) is 4.79 Å². The van der Waals surface area contributed by atoms with Crippen molar-refractivity contribution in [3.8, 4) is 0 Å². The van der Waals surface area contributed by atoms with E-state index in [4.69, 9.17) is 33.7 Å². The molecule has 0 radical (unpaired) electrons. The average Bonchev–Trinajstić information content (AvgIpc) is 2.08. The minimum absolute atomic E-state index is 0.304. The van der Waals surface area contributed by atoms with Crippen molar-refractivity contribution >= 4 is 29.3 Å². The summed E-state index contributed by atoms with van der Waals surface area (Å²) in [7, 11) is 0. The van der Waals surface area contributed by atoms with Gasteiger partial charge < -0.3 is 10.5 Å². The summed E-state index contributed by atoms with van der Waals surface area (Å²) in [4.78, 5) is 10.5. The summed E-state index contributed by atoms with van der Waals surface area (Å²) in [6.07, 6.45) is -0.576. The molecule has 15 heavy (non-hydrogen) atoms. The van der Waals surface area contributed by atoms with Crippen LogP contribution in [-0.2, 0) is 11.2 Å². The van der Waals surface area contributed by atoms with Gasteiger partial charge in [0, 0.05) is 16.5 Å². The molecule has 1 rings (SSSR count). The first-order chi connectivity index (χ1) is 6.99. The summed E-state index contributed by atoms with van der Waals surface area (Å²) < 4.78 is 4.79. The smallest absolute Gasteiger partial charge is 0.404 e. The quantitative estimate of drug-likeness (QED) is 0.893. The number of carbonyl (C=O) groups excluding carboxylic acids is 1. The average molecular weight is 248 g/mol. The molecule has 0 aliphatic heterocycles. The molecule has 1 aromatic rings. The third kappa shape index (κ3) is 3.98. The molecular weight excluding hydrogens is 237 g/mol. The number of rotatable bonds is 3. The van der Waals surface area contributed by atoms with Crippen molar-refractivity contribution in [1.29, 1.82) is 0 Å². The van der Waals surface area contributed by atoms with Crippen LogP contribution in [0.1, 0.15) is 12.5 Å². The topological polar surface area (TPSA) is 52.3 Å². The van der Waals surface area contributed by atoms with Gasteiger partial charge >= 0.3 is 6.09 Å². The van der Waals surface area contributed by atoms with Crippen molar-refractivity contribution in [2.75, 3.05) is 0 Å². The van der Waals surface area contributed by atoms with Crippen LogP contribution in [0, 0.1) is 0 Å². The van der Waals surface area contributed by atoms with Crippen LogP contribution < -0.4 is 5.73 Å². The zero-order valence-electron chi connectivity index (χ0n) is 8.17. The first-order valence-corrected chi connectivity index (χ1v) is 5.14. The minimum Gasteiger partial charge on any atom is -0.446 e. The Bertz CT molecular complexity index is 368. The molecule has 1 aromatic carbocycles. The second-order valence-corrected chi connectivity index (χ2v) is 4.03. The number of hydrogen-bond donors (Lipinski definition) is 1. The summed E-state index contributed by atoms with van der Waals surface area (Å²) >= 11 is 11.7. The normalized spacial score (nSPS) is 12.2. The van der Waals surface area contributed by atoms with Crippen molar-refractivity contribution in [2.24, 2.45) is 5.73 Å². The third-order valence-electron chi connectivity index (χ3n) is 1.84. The maximum absolute atomic E-state index is 10.5. The van der Waals surface area contributed by atoms with Gasteiger partial charge in [-0.05, 0) is 24.6 Å². The number of carbonyl (C=O) groups is 1. The van der Waals surface area contributed by atoms with E-state index in [0.717, 1.165) is 5.56 Å². The van der Waals surface area contributed by atoms with Gasteiger partial charge in [-0.25, -0.2) is 4.79 Å². The lowest BCUT2D eigenvalue weighted by Crippen LogP contribution is -2.22. The van der Waals surface area contributed by atoms with E-state index in [1.807, 2.05) is 0 Å². The van der Waals surface area contributed by atoms with Crippen molar-refractivity contribution < 1.29 is 9.53 Å². The van der Waals surface area contributed by atoms with E-state index in [2.05, 4.69) is 0 Å². The van der Waals surface area contributed by atoms with Crippen molar-refractivity contribution in [3.63, 3.8) is 0 Å². The maximum atomic E-state index is 10.5. The van der Waals surface area contributed by atoms with E-state index < -0.39 is 6.09 Å². The van der Waals surface area contributed by atoms with Crippen LogP contribution in [0.5, 0.6) is 0 Å². The monoisotopic (exact) mass is 247 g/mol. The van der Waals surface area contributed by atoms with E-state index in [1.165, 1.54) is 0 Å². The first kappa shape index (κ1) is 12.1. The lowest BCUT2D eigenvalue weighted by atomic mass is 10.1. The molecule has 0 aliphatic rings. The zero-order chi connectivity index (χ0) is 11.4. The molecule has 1 atom stereocenters. The minimum atomic E-state index is -0.785. The van der Waals surface area contributed by atoms with Crippen molar-refractivity contribution in [1.82, 2.24) is 0 Å². The van der Waals surface area contributed by atoms with Crippen molar-refractivity contribution in [2.45, 2.75) is 19.4 Å². The molecule has 0 saturated heterocycles. The van der Waals surface area contributed by atoms with Gasteiger partial charge in [-0.1, -0.05) is 29.3 Å². The molecule has 5 heteroatoms. The second-order valence-electron chi connectivity index (χ2n) is 3.19. The predicted octanol–water partition coefficient (Wildman–Crippen LogP) is 3.02. The lowest BCUT2D eigenvalue weighted by molar-refractivity contribution is 0.116. The zero-order valence-corrected chi connectivity index (χ0v) is 9.68. The number of nitrogens with two attached hydrogens (primary N) is 1. The Morgan fingerprint density at radius 2 is 2.20 bits per heavy atom. The Morgan fingerprint density at radius 1 is 1.53 bits per heavy atom. The standard InChI is InChI=1S/C10H11Cl2NO2/c1-6(15-10(13)14)4-7-2-3-8(11)5-9(7)12/h2-3,5-6H,4H2,1H3,(H2,13,14). The number of primary amides is 1. The predicted molar refractivity (Wildman–Crippen MR) is 60.3 cm³/mol. The summed E-state index contributed by atoms with van der Waals surface area (Å²) in [6.45, 7) is 1.75. The van der Waals surface area contributed by atoms with Crippen LogP contribution in [-0.4, -0.2) is 12.2 Å². The molecule has 3 nitrogen and oxygen atoms in total. The number of hydrogen-bond acceptors (Lipinski definition) is 2. The Labute approximate surface area is 98.1 Å². The third-order valence-corrected chi connectivity index (χ3v) is 2.43. The van der Waals surface area contributed by atoms with Gasteiger partial charge in [0.25, 0.3) is 0 Å². The highest BCUT2D eigenvalue weighted by Gasteiger charge is 2.09. The van der Waals surface area contributed by atoms with Crippen LogP contribution in [0.25, 0.3) is 0 Å². The van der Waals surface area contributed by atoms with Gasteiger partial charge in [0.1, 0.15) is 6.10 Å². The van der Waals surface area contributed by atoms with Gasteiger partial charge in [-0.15, -0.1) is 0 Å². The Hall–Kier alpha value is -0.930. The van der Waals surface area contributed by atoms with Gasteiger partial charge in [0.2, 0.25) is 0 Å². The fourth-order valence-electron chi connectivity index (χ4n) is 1.24. The maximum Gasteiger partial charge on any atom is 0.404 e. The van der Waals surface area contributed by atoms with E-state index in [-0.39, 0.29) is 6.10 Å². The molecule has 0 heterocycles. The molecule has 82 valence electrons. The molecule has 2 N–H and O–H groups in total.